The number of carbonyl (C=O) groups is 1. The maximum atomic E-state index is 12.6. The van der Waals surface area contributed by atoms with E-state index in [1.165, 1.54) is 12.1 Å². The Kier molecular flexibility index (Phi) is 3.97. The Bertz CT molecular complexity index is 681. The minimum atomic E-state index is -4.48. The van der Waals surface area contributed by atoms with Crippen molar-refractivity contribution < 1.29 is 18.0 Å². The summed E-state index contributed by atoms with van der Waals surface area (Å²) in [7, 11) is 0. The summed E-state index contributed by atoms with van der Waals surface area (Å²) < 4.78 is 37.9. The van der Waals surface area contributed by atoms with Crippen LogP contribution in [0.25, 0.3) is 0 Å². The highest BCUT2D eigenvalue weighted by Gasteiger charge is 2.30. The SMILES string of the molecule is Cc1cnc(C)c(NC(=O)c2cccc(C(F)(F)F)c2)c1. The number of halogens is 3. The Labute approximate surface area is 119 Å². The Morgan fingerprint density at radius 3 is 2.57 bits per heavy atom. The summed E-state index contributed by atoms with van der Waals surface area (Å²) in [5.74, 6) is -0.600. The highest BCUT2D eigenvalue weighted by Crippen LogP contribution is 2.29. The van der Waals surface area contributed by atoms with Crippen molar-refractivity contribution in [2.75, 3.05) is 5.32 Å². The monoisotopic (exact) mass is 294 g/mol. The molecule has 6 heteroatoms. The van der Waals surface area contributed by atoms with Crippen LogP contribution in [0.3, 0.4) is 0 Å². The number of aryl methyl sites for hydroxylation is 2. The molecule has 110 valence electrons. The molecule has 0 spiro atoms. The van der Waals surface area contributed by atoms with E-state index in [0.29, 0.717) is 11.4 Å². The average molecular weight is 294 g/mol. The molecule has 0 aliphatic rings. The van der Waals surface area contributed by atoms with Gasteiger partial charge in [0.25, 0.3) is 5.91 Å². The van der Waals surface area contributed by atoms with Gasteiger partial charge in [-0.25, -0.2) is 0 Å². The van der Waals surface area contributed by atoms with Crippen LogP contribution >= 0.6 is 0 Å². The normalized spacial score (nSPS) is 11.3. The molecule has 1 aromatic heterocycles. The molecule has 0 saturated heterocycles. The number of nitrogens with one attached hydrogen (secondary N) is 1. The van der Waals surface area contributed by atoms with Crippen molar-refractivity contribution in [1.82, 2.24) is 4.98 Å². The van der Waals surface area contributed by atoms with Crippen LogP contribution in [0.4, 0.5) is 18.9 Å². The van der Waals surface area contributed by atoms with E-state index in [9.17, 15) is 18.0 Å². The first-order valence-electron chi connectivity index (χ1n) is 6.19. The molecule has 21 heavy (non-hydrogen) atoms. The molecule has 0 radical (unpaired) electrons. The summed E-state index contributed by atoms with van der Waals surface area (Å²) in [6.07, 6.45) is -2.83. The van der Waals surface area contributed by atoms with Gasteiger partial charge in [-0.1, -0.05) is 6.07 Å². The van der Waals surface area contributed by atoms with Gasteiger partial charge in [0.2, 0.25) is 0 Å². The van der Waals surface area contributed by atoms with Gasteiger partial charge in [0, 0.05) is 11.8 Å². The van der Waals surface area contributed by atoms with Gasteiger partial charge in [0.15, 0.2) is 0 Å². The van der Waals surface area contributed by atoms with Crippen LogP contribution < -0.4 is 5.32 Å². The maximum Gasteiger partial charge on any atom is 0.416 e. The van der Waals surface area contributed by atoms with Crippen LogP contribution in [-0.4, -0.2) is 10.9 Å². The summed E-state index contributed by atoms with van der Waals surface area (Å²) in [4.78, 5) is 16.1. The molecule has 1 amide bonds. The fourth-order valence-corrected chi connectivity index (χ4v) is 1.80. The Morgan fingerprint density at radius 1 is 1.19 bits per heavy atom. The number of anilines is 1. The van der Waals surface area contributed by atoms with E-state index in [1.54, 1.807) is 19.2 Å². The molecule has 1 N–H and O–H groups in total. The molecular formula is C15H13F3N2O. The number of pyridine rings is 1. The van der Waals surface area contributed by atoms with Crippen LogP contribution in [0.1, 0.15) is 27.2 Å². The van der Waals surface area contributed by atoms with Crippen molar-refractivity contribution in [1.29, 1.82) is 0 Å². The lowest BCUT2D eigenvalue weighted by Crippen LogP contribution is -2.15. The van der Waals surface area contributed by atoms with Gasteiger partial charge in [-0.05, 0) is 43.7 Å². The minimum absolute atomic E-state index is 0.0502. The number of hydrogen-bond donors (Lipinski definition) is 1. The van der Waals surface area contributed by atoms with Crippen molar-refractivity contribution in [3.8, 4) is 0 Å². The molecule has 1 aromatic carbocycles. The lowest BCUT2D eigenvalue weighted by Gasteiger charge is -2.11. The highest BCUT2D eigenvalue weighted by molar-refractivity contribution is 6.04. The predicted octanol–water partition coefficient (Wildman–Crippen LogP) is 3.97. The van der Waals surface area contributed by atoms with Crippen LogP contribution in [-0.2, 0) is 6.18 Å². The molecule has 2 rings (SSSR count). The van der Waals surface area contributed by atoms with Gasteiger partial charge in [-0.15, -0.1) is 0 Å². The van der Waals surface area contributed by atoms with Crippen LogP contribution in [0.15, 0.2) is 36.5 Å². The molecule has 3 nitrogen and oxygen atoms in total. The largest absolute Gasteiger partial charge is 0.416 e. The number of aromatic nitrogens is 1. The first kappa shape index (κ1) is 15.0. The molecule has 0 aliphatic heterocycles. The molecule has 0 unspecified atom stereocenters. The van der Waals surface area contributed by atoms with E-state index in [0.717, 1.165) is 17.7 Å². The number of alkyl halides is 3. The van der Waals surface area contributed by atoms with E-state index < -0.39 is 17.6 Å². The van der Waals surface area contributed by atoms with E-state index in [1.807, 2.05) is 6.92 Å². The fourth-order valence-electron chi connectivity index (χ4n) is 1.80. The summed E-state index contributed by atoms with van der Waals surface area (Å²) in [5.41, 5.74) is 1.03. The van der Waals surface area contributed by atoms with Crippen LogP contribution in [0.2, 0.25) is 0 Å². The average Bonchev–Trinajstić information content (AvgIpc) is 2.42. The molecule has 0 aliphatic carbocycles. The second kappa shape index (κ2) is 5.55. The van der Waals surface area contributed by atoms with Crippen molar-refractivity contribution in [2.24, 2.45) is 0 Å². The first-order chi connectivity index (χ1) is 9.77. The van der Waals surface area contributed by atoms with E-state index in [4.69, 9.17) is 0 Å². The zero-order valence-electron chi connectivity index (χ0n) is 11.5. The van der Waals surface area contributed by atoms with Crippen LogP contribution in [0, 0.1) is 13.8 Å². The second-order valence-electron chi connectivity index (χ2n) is 4.68. The topological polar surface area (TPSA) is 42.0 Å². The number of benzene rings is 1. The zero-order chi connectivity index (χ0) is 15.6. The number of amides is 1. The van der Waals surface area contributed by atoms with Crippen LogP contribution in [0.5, 0.6) is 0 Å². The molecular weight excluding hydrogens is 281 g/mol. The summed E-state index contributed by atoms with van der Waals surface area (Å²) in [6, 6.07) is 6.01. The number of carbonyl (C=O) groups excluding carboxylic acids is 1. The summed E-state index contributed by atoms with van der Waals surface area (Å²) in [6.45, 7) is 3.52. The van der Waals surface area contributed by atoms with E-state index in [-0.39, 0.29) is 5.56 Å². The van der Waals surface area contributed by atoms with Gasteiger partial charge < -0.3 is 5.32 Å². The van der Waals surface area contributed by atoms with E-state index >= 15 is 0 Å². The van der Waals surface area contributed by atoms with Crippen molar-refractivity contribution in [2.45, 2.75) is 20.0 Å². The molecule has 1 heterocycles. The Hall–Kier alpha value is -2.37. The zero-order valence-corrected chi connectivity index (χ0v) is 11.5. The van der Waals surface area contributed by atoms with Gasteiger partial charge in [-0.2, -0.15) is 13.2 Å². The minimum Gasteiger partial charge on any atom is -0.320 e. The number of nitrogens with zero attached hydrogens (tertiary/aromatic N) is 1. The Morgan fingerprint density at radius 2 is 1.90 bits per heavy atom. The third-order valence-corrected chi connectivity index (χ3v) is 2.92. The third-order valence-electron chi connectivity index (χ3n) is 2.92. The quantitative estimate of drug-likeness (QED) is 0.910. The highest BCUT2D eigenvalue weighted by atomic mass is 19.4. The molecule has 0 bridgehead atoms. The Balaban J connectivity index is 2.27. The molecule has 0 fully saturated rings. The van der Waals surface area contributed by atoms with Crippen molar-refractivity contribution in [3.05, 3.63) is 58.9 Å². The fraction of sp³-hybridized carbons (Fsp3) is 0.200. The lowest BCUT2D eigenvalue weighted by molar-refractivity contribution is -0.137. The first-order valence-corrected chi connectivity index (χ1v) is 6.19. The molecule has 0 saturated carbocycles. The van der Waals surface area contributed by atoms with Gasteiger partial charge >= 0.3 is 6.18 Å². The lowest BCUT2D eigenvalue weighted by atomic mass is 10.1. The molecule has 0 atom stereocenters. The van der Waals surface area contributed by atoms with Crippen molar-refractivity contribution >= 4 is 11.6 Å². The van der Waals surface area contributed by atoms with Gasteiger partial charge in [0.1, 0.15) is 0 Å². The maximum absolute atomic E-state index is 12.6. The van der Waals surface area contributed by atoms with Crippen molar-refractivity contribution in [3.63, 3.8) is 0 Å². The predicted molar refractivity (Wildman–Crippen MR) is 73.1 cm³/mol. The summed E-state index contributed by atoms with van der Waals surface area (Å²) >= 11 is 0. The molecule has 2 aromatic rings. The number of rotatable bonds is 2. The van der Waals surface area contributed by atoms with Gasteiger partial charge in [0.05, 0.1) is 16.9 Å². The third kappa shape index (κ3) is 3.59. The van der Waals surface area contributed by atoms with E-state index in [2.05, 4.69) is 10.3 Å². The second-order valence-corrected chi connectivity index (χ2v) is 4.68. The number of hydrogen-bond acceptors (Lipinski definition) is 2. The van der Waals surface area contributed by atoms with Gasteiger partial charge in [-0.3, -0.25) is 9.78 Å². The smallest absolute Gasteiger partial charge is 0.320 e. The standard InChI is InChI=1S/C15H13F3N2O/c1-9-6-13(10(2)19-8-9)20-14(21)11-4-3-5-12(7-11)15(16,17)18/h3-8H,1-2H3,(H,20,21). The summed E-state index contributed by atoms with van der Waals surface area (Å²) in [5, 5.41) is 2.58.